The molecule has 5 heteroatoms. The number of carbonyl (C=O) groups excluding carboxylic acids is 2. The molecule has 1 aromatic carbocycles. The first-order chi connectivity index (χ1) is 10.1. The van der Waals surface area contributed by atoms with E-state index in [4.69, 9.17) is 0 Å². The van der Waals surface area contributed by atoms with E-state index in [1.807, 2.05) is 0 Å². The molecule has 0 spiro atoms. The highest BCUT2D eigenvalue weighted by Gasteiger charge is 2.23. The van der Waals surface area contributed by atoms with Crippen molar-refractivity contribution >= 4 is 17.5 Å². The predicted octanol–water partition coefficient (Wildman–Crippen LogP) is 1.86. The van der Waals surface area contributed by atoms with Crippen molar-refractivity contribution in [3.8, 4) is 0 Å². The molecule has 1 aliphatic heterocycles. The zero-order chi connectivity index (χ0) is 15.2. The minimum Gasteiger partial charge on any atom is -0.350 e. The second kappa shape index (κ2) is 7.22. The van der Waals surface area contributed by atoms with Crippen LogP contribution in [0.1, 0.15) is 37.0 Å². The number of hydrogen-bond donors (Lipinski definition) is 2. The lowest BCUT2D eigenvalue weighted by molar-refractivity contribution is -0.114. The van der Waals surface area contributed by atoms with Gasteiger partial charge in [0.05, 0.1) is 0 Å². The van der Waals surface area contributed by atoms with Crippen molar-refractivity contribution in [1.82, 2.24) is 10.2 Å². The predicted molar refractivity (Wildman–Crippen MR) is 83.3 cm³/mol. The van der Waals surface area contributed by atoms with Crippen LogP contribution in [0.4, 0.5) is 5.69 Å². The molecule has 0 radical (unpaired) electrons. The first kappa shape index (κ1) is 15.5. The highest BCUT2D eigenvalue weighted by atomic mass is 16.2. The summed E-state index contributed by atoms with van der Waals surface area (Å²) in [6, 6.07) is 7.39. The van der Waals surface area contributed by atoms with Gasteiger partial charge < -0.3 is 10.6 Å². The van der Waals surface area contributed by atoms with Gasteiger partial charge in [-0.25, -0.2) is 0 Å². The van der Waals surface area contributed by atoms with E-state index < -0.39 is 0 Å². The van der Waals surface area contributed by atoms with Crippen molar-refractivity contribution in [2.75, 3.05) is 25.0 Å². The molecule has 114 valence electrons. The topological polar surface area (TPSA) is 61.4 Å². The van der Waals surface area contributed by atoms with Gasteiger partial charge in [0.15, 0.2) is 0 Å². The number of benzene rings is 1. The summed E-state index contributed by atoms with van der Waals surface area (Å²) in [5, 5.41) is 5.68. The number of likely N-dealkylation sites (N-methyl/N-ethyl adjacent to an activating group) is 1. The first-order valence-corrected chi connectivity index (χ1v) is 7.50. The van der Waals surface area contributed by atoms with E-state index in [1.165, 1.54) is 13.3 Å². The molecule has 2 amide bonds. The summed E-state index contributed by atoms with van der Waals surface area (Å²) >= 11 is 0. The number of amides is 2. The van der Waals surface area contributed by atoms with Crippen molar-refractivity contribution in [1.29, 1.82) is 0 Å². The molecule has 2 rings (SSSR count). The molecule has 1 atom stereocenters. The molecule has 1 aromatic rings. The highest BCUT2D eigenvalue weighted by Crippen LogP contribution is 2.16. The number of anilines is 1. The van der Waals surface area contributed by atoms with Gasteiger partial charge in [0.1, 0.15) is 0 Å². The Bertz CT molecular complexity index is 499. The standard InChI is InChI=1S/C16H23N3O2/c1-3-19-10-4-5-15(19)11-17-16(21)13-6-8-14(9-7-13)18-12(2)20/h6-9,15H,3-5,10-11H2,1-2H3,(H,17,21)(H,18,20)/t15-/m0/s1. The van der Waals surface area contributed by atoms with E-state index in [0.29, 0.717) is 23.8 Å². The number of likely N-dealkylation sites (tertiary alicyclic amines) is 1. The Balaban J connectivity index is 1.87. The molecular weight excluding hydrogens is 266 g/mol. The van der Waals surface area contributed by atoms with E-state index in [9.17, 15) is 9.59 Å². The van der Waals surface area contributed by atoms with Crippen LogP contribution in [0.25, 0.3) is 0 Å². The fourth-order valence-electron chi connectivity index (χ4n) is 2.76. The molecule has 5 nitrogen and oxygen atoms in total. The third-order valence-corrected chi connectivity index (χ3v) is 3.87. The minimum absolute atomic E-state index is 0.0627. The molecule has 0 aromatic heterocycles. The van der Waals surface area contributed by atoms with Crippen molar-refractivity contribution in [3.05, 3.63) is 29.8 Å². The average molecular weight is 289 g/mol. The lowest BCUT2D eigenvalue weighted by Gasteiger charge is -2.22. The third kappa shape index (κ3) is 4.29. The van der Waals surface area contributed by atoms with Crippen LogP contribution < -0.4 is 10.6 Å². The second-order valence-electron chi connectivity index (χ2n) is 5.39. The summed E-state index contributed by atoms with van der Waals surface area (Å²) in [5.74, 6) is -0.180. The molecule has 0 bridgehead atoms. The fourth-order valence-corrected chi connectivity index (χ4v) is 2.76. The monoisotopic (exact) mass is 289 g/mol. The first-order valence-electron chi connectivity index (χ1n) is 7.50. The van der Waals surface area contributed by atoms with Gasteiger partial charge in [-0.05, 0) is 50.2 Å². The summed E-state index contributed by atoms with van der Waals surface area (Å²) in [5.41, 5.74) is 1.32. The zero-order valence-electron chi connectivity index (χ0n) is 12.7. The van der Waals surface area contributed by atoms with E-state index in [0.717, 1.165) is 19.5 Å². The maximum absolute atomic E-state index is 12.1. The van der Waals surface area contributed by atoms with Crippen molar-refractivity contribution in [2.45, 2.75) is 32.7 Å². The molecule has 21 heavy (non-hydrogen) atoms. The molecule has 2 N–H and O–H groups in total. The summed E-state index contributed by atoms with van der Waals surface area (Å²) in [6.07, 6.45) is 2.36. The number of hydrogen-bond acceptors (Lipinski definition) is 3. The van der Waals surface area contributed by atoms with E-state index in [2.05, 4.69) is 22.5 Å². The summed E-state index contributed by atoms with van der Waals surface area (Å²) in [7, 11) is 0. The van der Waals surface area contributed by atoms with Crippen LogP contribution in [0.3, 0.4) is 0 Å². The van der Waals surface area contributed by atoms with Crippen LogP contribution in [0.2, 0.25) is 0 Å². The number of rotatable bonds is 5. The molecule has 1 heterocycles. The SMILES string of the molecule is CCN1CCC[C@H]1CNC(=O)c1ccc(NC(C)=O)cc1. The van der Waals surface area contributed by atoms with Gasteiger partial charge in [0, 0.05) is 30.8 Å². The normalized spacial score (nSPS) is 18.5. The Labute approximate surface area is 125 Å². The maximum atomic E-state index is 12.1. The third-order valence-electron chi connectivity index (χ3n) is 3.87. The number of nitrogens with zero attached hydrogens (tertiary/aromatic N) is 1. The van der Waals surface area contributed by atoms with Crippen molar-refractivity contribution in [3.63, 3.8) is 0 Å². The van der Waals surface area contributed by atoms with E-state index in [1.54, 1.807) is 24.3 Å². The molecule has 0 aliphatic carbocycles. The molecular formula is C16H23N3O2. The highest BCUT2D eigenvalue weighted by molar-refractivity contribution is 5.95. The molecule has 1 saturated heterocycles. The molecule has 1 aliphatic rings. The Hall–Kier alpha value is -1.88. The second-order valence-corrected chi connectivity index (χ2v) is 5.39. The minimum atomic E-state index is -0.118. The zero-order valence-corrected chi connectivity index (χ0v) is 12.7. The number of nitrogens with one attached hydrogen (secondary N) is 2. The Morgan fingerprint density at radius 3 is 2.62 bits per heavy atom. The lowest BCUT2D eigenvalue weighted by atomic mass is 10.1. The van der Waals surface area contributed by atoms with E-state index in [-0.39, 0.29) is 11.8 Å². The van der Waals surface area contributed by atoms with Crippen LogP contribution in [0.5, 0.6) is 0 Å². The van der Waals surface area contributed by atoms with Crippen LogP contribution in [-0.4, -0.2) is 42.4 Å². The van der Waals surface area contributed by atoms with Gasteiger partial charge in [-0.2, -0.15) is 0 Å². The Kier molecular flexibility index (Phi) is 5.33. The van der Waals surface area contributed by atoms with E-state index >= 15 is 0 Å². The molecule has 0 unspecified atom stereocenters. The van der Waals surface area contributed by atoms with Crippen LogP contribution >= 0.6 is 0 Å². The average Bonchev–Trinajstić information content (AvgIpc) is 2.92. The van der Waals surface area contributed by atoms with Gasteiger partial charge in [-0.15, -0.1) is 0 Å². The summed E-state index contributed by atoms with van der Waals surface area (Å²) in [4.78, 5) is 25.5. The van der Waals surface area contributed by atoms with Crippen molar-refractivity contribution < 1.29 is 9.59 Å². The summed E-state index contributed by atoms with van der Waals surface area (Å²) in [6.45, 7) is 6.47. The van der Waals surface area contributed by atoms with Gasteiger partial charge >= 0.3 is 0 Å². The van der Waals surface area contributed by atoms with Crippen LogP contribution in [0.15, 0.2) is 24.3 Å². The summed E-state index contributed by atoms with van der Waals surface area (Å²) < 4.78 is 0. The van der Waals surface area contributed by atoms with Crippen molar-refractivity contribution in [2.24, 2.45) is 0 Å². The largest absolute Gasteiger partial charge is 0.350 e. The number of carbonyl (C=O) groups is 2. The van der Waals surface area contributed by atoms with Gasteiger partial charge in [0.2, 0.25) is 5.91 Å². The molecule has 1 fully saturated rings. The smallest absolute Gasteiger partial charge is 0.251 e. The Morgan fingerprint density at radius 1 is 1.29 bits per heavy atom. The van der Waals surface area contributed by atoms with Gasteiger partial charge in [-0.1, -0.05) is 6.92 Å². The van der Waals surface area contributed by atoms with Gasteiger partial charge in [-0.3, -0.25) is 14.5 Å². The fraction of sp³-hybridized carbons (Fsp3) is 0.500. The van der Waals surface area contributed by atoms with Crippen LogP contribution in [-0.2, 0) is 4.79 Å². The van der Waals surface area contributed by atoms with Crippen LogP contribution in [0, 0.1) is 0 Å². The molecule has 0 saturated carbocycles. The van der Waals surface area contributed by atoms with Gasteiger partial charge in [0.25, 0.3) is 5.91 Å². The lowest BCUT2D eigenvalue weighted by Crippen LogP contribution is -2.40. The maximum Gasteiger partial charge on any atom is 0.251 e. The quantitative estimate of drug-likeness (QED) is 0.870. The Morgan fingerprint density at radius 2 is 2.00 bits per heavy atom.